The Morgan fingerprint density at radius 2 is 1.92 bits per heavy atom. The van der Waals surface area contributed by atoms with Gasteiger partial charge in [-0.2, -0.15) is 5.10 Å². The molecule has 1 aliphatic heterocycles. The number of β-amino-alcohol motifs (C(OH)–C–C–N with tert-alkyl or cyclic N) is 1. The summed E-state index contributed by atoms with van der Waals surface area (Å²) in [5.41, 5.74) is 3.58. The van der Waals surface area contributed by atoms with Crippen molar-refractivity contribution < 1.29 is 19.1 Å². The minimum atomic E-state index is -0.750. The number of rotatable bonds is 7. The molecule has 0 saturated carbocycles. The smallest absolute Gasteiger partial charge is 0.248 e. The molecule has 1 fully saturated rings. The van der Waals surface area contributed by atoms with Crippen molar-refractivity contribution in [1.29, 1.82) is 0 Å². The predicted octanol–water partition coefficient (Wildman–Crippen LogP) is 3.62. The summed E-state index contributed by atoms with van der Waals surface area (Å²) in [5, 5.41) is 17.8. The zero-order valence-corrected chi connectivity index (χ0v) is 22.4. The number of aliphatic hydroxyl groups excluding tert-OH is 1. The van der Waals surface area contributed by atoms with Crippen LogP contribution in [0.5, 0.6) is 0 Å². The van der Waals surface area contributed by atoms with Crippen molar-refractivity contribution in [3.05, 3.63) is 59.9 Å². The van der Waals surface area contributed by atoms with E-state index in [2.05, 4.69) is 36.2 Å². The normalized spacial score (nSPS) is 18.9. The van der Waals surface area contributed by atoms with Gasteiger partial charge < -0.3 is 19.7 Å². The summed E-state index contributed by atoms with van der Waals surface area (Å²) >= 11 is 0. The molecule has 3 heterocycles. The highest BCUT2D eigenvalue weighted by Gasteiger charge is 2.42. The highest BCUT2D eigenvalue weighted by Crippen LogP contribution is 2.29. The molecule has 3 atom stereocenters. The number of carbonyl (C=O) groups is 2. The van der Waals surface area contributed by atoms with E-state index in [0.29, 0.717) is 6.54 Å². The molecule has 2 N–H and O–H groups in total. The molecule has 2 amide bonds. The van der Waals surface area contributed by atoms with Crippen LogP contribution in [0, 0.1) is 12.8 Å². The van der Waals surface area contributed by atoms with Gasteiger partial charge in [-0.3, -0.25) is 14.3 Å². The Morgan fingerprint density at radius 1 is 1.22 bits per heavy atom. The van der Waals surface area contributed by atoms with Gasteiger partial charge in [0.2, 0.25) is 11.8 Å². The molecule has 3 aromatic rings. The summed E-state index contributed by atoms with van der Waals surface area (Å²) < 4.78 is 7.14. The van der Waals surface area contributed by atoms with Crippen molar-refractivity contribution in [3.63, 3.8) is 0 Å². The van der Waals surface area contributed by atoms with Crippen LogP contribution in [0.3, 0.4) is 0 Å². The molecule has 0 radical (unpaired) electrons. The summed E-state index contributed by atoms with van der Waals surface area (Å²) in [4.78, 5) is 32.5. The lowest BCUT2D eigenvalue weighted by Gasteiger charge is -2.30. The molecule has 4 rings (SSSR count). The molecule has 0 unspecified atom stereocenters. The Labute approximate surface area is 217 Å². The molecular formula is C28H37N5O4. The van der Waals surface area contributed by atoms with Gasteiger partial charge in [0, 0.05) is 31.3 Å². The van der Waals surface area contributed by atoms with E-state index in [1.54, 1.807) is 10.9 Å². The van der Waals surface area contributed by atoms with Crippen LogP contribution < -0.4 is 5.32 Å². The molecule has 37 heavy (non-hydrogen) atoms. The van der Waals surface area contributed by atoms with Crippen LogP contribution in [-0.2, 0) is 21.5 Å². The molecule has 0 bridgehead atoms. The fourth-order valence-corrected chi connectivity index (χ4v) is 4.72. The van der Waals surface area contributed by atoms with Crippen LogP contribution in [0.4, 0.5) is 0 Å². The lowest BCUT2D eigenvalue weighted by molar-refractivity contribution is -0.142. The van der Waals surface area contributed by atoms with Crippen molar-refractivity contribution in [2.45, 2.75) is 78.1 Å². The monoisotopic (exact) mass is 507 g/mol. The minimum absolute atomic E-state index is 0.0480. The third-order valence-corrected chi connectivity index (χ3v) is 6.93. The van der Waals surface area contributed by atoms with E-state index in [9.17, 15) is 14.7 Å². The van der Waals surface area contributed by atoms with Crippen LogP contribution >= 0.6 is 0 Å². The maximum atomic E-state index is 13.7. The number of aromatic nitrogens is 3. The summed E-state index contributed by atoms with van der Waals surface area (Å²) in [5.74, 6) is 0.185. The summed E-state index contributed by atoms with van der Waals surface area (Å²) in [6.45, 7) is 12.5. The summed E-state index contributed by atoms with van der Waals surface area (Å²) in [7, 11) is 0. The number of likely N-dealkylation sites (tertiary alicyclic amines) is 1. The molecule has 1 aromatic carbocycles. The molecule has 9 heteroatoms. The number of hydrogen-bond donors (Lipinski definition) is 2. The first-order valence-electron chi connectivity index (χ1n) is 12.8. The predicted molar refractivity (Wildman–Crippen MR) is 139 cm³/mol. The van der Waals surface area contributed by atoms with Gasteiger partial charge in [-0.15, -0.1) is 0 Å². The minimum Gasteiger partial charge on any atom is -0.443 e. The Hall–Kier alpha value is -3.46. The standard InChI is InChI=1S/C28H37N5O4/c1-17(2)24(33-14-21(13-31-33)28(4,5)6)27(36)32-15-22(34)11-23(32)26(35)29-12-19-7-9-20(10-8-19)25-18(3)30-16-37-25/h7-10,13-14,16-17,22-24,34H,11-12,15H2,1-6H3,(H,29,35)/t22-,23+,24+/m1/s1. The molecule has 9 nitrogen and oxygen atoms in total. The van der Waals surface area contributed by atoms with Crippen LogP contribution in [-0.4, -0.2) is 55.3 Å². The Balaban J connectivity index is 1.45. The number of hydrogen-bond acceptors (Lipinski definition) is 6. The van der Waals surface area contributed by atoms with Gasteiger partial charge in [0.15, 0.2) is 12.2 Å². The van der Waals surface area contributed by atoms with E-state index in [-0.39, 0.29) is 36.1 Å². The van der Waals surface area contributed by atoms with Crippen molar-refractivity contribution in [2.24, 2.45) is 5.92 Å². The molecule has 198 valence electrons. The summed E-state index contributed by atoms with van der Waals surface area (Å²) in [6.07, 6.45) is 4.58. The third-order valence-electron chi connectivity index (χ3n) is 6.93. The topological polar surface area (TPSA) is 113 Å². The highest BCUT2D eigenvalue weighted by molar-refractivity contribution is 5.90. The number of benzene rings is 1. The SMILES string of the molecule is Cc1ncoc1-c1ccc(CNC(=O)[C@@H]2C[C@@H](O)CN2C(=O)[C@H](C(C)C)n2cc(C(C)(C)C)cn2)cc1. The van der Waals surface area contributed by atoms with Crippen LogP contribution in [0.2, 0.25) is 0 Å². The second-order valence-corrected chi connectivity index (χ2v) is 11.2. The van der Waals surface area contributed by atoms with Crippen molar-refractivity contribution >= 4 is 11.8 Å². The van der Waals surface area contributed by atoms with Crippen LogP contribution in [0.15, 0.2) is 47.5 Å². The number of carbonyl (C=O) groups excluding carboxylic acids is 2. The highest BCUT2D eigenvalue weighted by atomic mass is 16.3. The molecule has 1 aliphatic rings. The number of oxazole rings is 1. The van der Waals surface area contributed by atoms with E-state index in [4.69, 9.17) is 4.42 Å². The molecular weight excluding hydrogens is 470 g/mol. The number of amides is 2. The van der Waals surface area contributed by atoms with Gasteiger partial charge in [-0.1, -0.05) is 58.9 Å². The van der Waals surface area contributed by atoms with E-state index < -0.39 is 18.2 Å². The van der Waals surface area contributed by atoms with Gasteiger partial charge in [0.05, 0.1) is 18.0 Å². The Bertz CT molecular complexity index is 1240. The average molecular weight is 508 g/mol. The second-order valence-electron chi connectivity index (χ2n) is 11.2. The van der Waals surface area contributed by atoms with Gasteiger partial charge >= 0.3 is 0 Å². The largest absolute Gasteiger partial charge is 0.443 e. The fraction of sp³-hybridized carbons (Fsp3) is 0.500. The maximum Gasteiger partial charge on any atom is 0.248 e. The fourth-order valence-electron chi connectivity index (χ4n) is 4.72. The van der Waals surface area contributed by atoms with E-state index in [1.807, 2.05) is 51.2 Å². The van der Waals surface area contributed by atoms with Crippen molar-refractivity contribution in [1.82, 2.24) is 25.0 Å². The van der Waals surface area contributed by atoms with E-state index >= 15 is 0 Å². The van der Waals surface area contributed by atoms with Gasteiger partial charge in [0.25, 0.3) is 0 Å². The van der Waals surface area contributed by atoms with E-state index in [0.717, 1.165) is 28.1 Å². The third kappa shape index (κ3) is 5.77. The number of aryl methyl sites for hydroxylation is 1. The molecule has 1 saturated heterocycles. The van der Waals surface area contributed by atoms with E-state index in [1.165, 1.54) is 11.3 Å². The summed E-state index contributed by atoms with van der Waals surface area (Å²) in [6, 6.07) is 6.38. The quantitative estimate of drug-likeness (QED) is 0.505. The molecule has 0 aliphatic carbocycles. The maximum absolute atomic E-state index is 13.7. The van der Waals surface area contributed by atoms with Crippen molar-refractivity contribution in [2.75, 3.05) is 6.54 Å². The van der Waals surface area contributed by atoms with Crippen LogP contribution in [0.25, 0.3) is 11.3 Å². The zero-order chi connectivity index (χ0) is 26.9. The van der Waals surface area contributed by atoms with Crippen LogP contribution in [0.1, 0.15) is 63.9 Å². The molecule has 2 aromatic heterocycles. The van der Waals surface area contributed by atoms with Gasteiger partial charge in [-0.25, -0.2) is 4.98 Å². The van der Waals surface area contributed by atoms with Gasteiger partial charge in [0.1, 0.15) is 12.1 Å². The number of nitrogens with one attached hydrogen (secondary N) is 1. The number of nitrogens with zero attached hydrogens (tertiary/aromatic N) is 4. The first-order valence-corrected chi connectivity index (χ1v) is 12.8. The lowest BCUT2D eigenvalue weighted by Crippen LogP contribution is -2.49. The van der Waals surface area contributed by atoms with Crippen molar-refractivity contribution in [3.8, 4) is 11.3 Å². The Kier molecular flexibility index (Phi) is 7.54. The lowest BCUT2D eigenvalue weighted by atomic mass is 9.90. The second kappa shape index (κ2) is 10.5. The first kappa shape index (κ1) is 26.6. The number of aliphatic hydroxyl groups is 1. The zero-order valence-electron chi connectivity index (χ0n) is 22.4. The van der Waals surface area contributed by atoms with Gasteiger partial charge in [-0.05, 0) is 29.4 Å². The molecule has 0 spiro atoms. The average Bonchev–Trinajstić information content (AvgIpc) is 3.57. The Morgan fingerprint density at radius 3 is 2.49 bits per heavy atom. The first-order chi connectivity index (χ1) is 17.5.